The molecule has 1 aromatic rings. The maximum absolute atomic E-state index is 6.51. The van der Waals surface area contributed by atoms with Crippen LogP contribution in [0.4, 0.5) is 0 Å². The molecule has 2 rings (SSSR count). The van der Waals surface area contributed by atoms with Crippen molar-refractivity contribution in [3.05, 3.63) is 16.4 Å². The van der Waals surface area contributed by atoms with Crippen molar-refractivity contribution < 1.29 is 0 Å². The number of hydrogen-bond donors (Lipinski definition) is 1. The minimum atomic E-state index is 0.632. The number of halogens is 1. The molecule has 1 fully saturated rings. The third-order valence-corrected chi connectivity index (χ3v) is 5.11. The summed E-state index contributed by atoms with van der Waals surface area (Å²) in [6.07, 6.45) is 5.87. The molecular weight excluding hydrogens is 270 g/mol. The van der Waals surface area contributed by atoms with E-state index in [-0.39, 0.29) is 0 Å². The molecule has 0 bridgehead atoms. The zero-order valence-corrected chi connectivity index (χ0v) is 14.0. The van der Waals surface area contributed by atoms with Crippen LogP contribution in [-0.2, 0) is 19.9 Å². The average molecular weight is 298 g/mol. The van der Waals surface area contributed by atoms with Gasteiger partial charge in [-0.2, -0.15) is 5.10 Å². The summed E-state index contributed by atoms with van der Waals surface area (Å²) >= 11 is 6.51. The first-order chi connectivity index (χ1) is 9.56. The summed E-state index contributed by atoms with van der Waals surface area (Å²) in [4.78, 5) is 0. The largest absolute Gasteiger partial charge is 0.314 e. The minimum absolute atomic E-state index is 0.632. The quantitative estimate of drug-likeness (QED) is 0.900. The van der Waals surface area contributed by atoms with Crippen molar-refractivity contribution >= 4 is 11.6 Å². The molecule has 0 radical (unpaired) electrons. The summed E-state index contributed by atoms with van der Waals surface area (Å²) in [5.41, 5.74) is 2.25. The van der Waals surface area contributed by atoms with Gasteiger partial charge in [0, 0.05) is 13.1 Å². The molecule has 1 N–H and O–H groups in total. The van der Waals surface area contributed by atoms with Gasteiger partial charge < -0.3 is 5.32 Å². The zero-order chi connectivity index (χ0) is 14.7. The van der Waals surface area contributed by atoms with Gasteiger partial charge in [-0.05, 0) is 50.5 Å². The Hall–Kier alpha value is -0.540. The van der Waals surface area contributed by atoms with Crippen LogP contribution < -0.4 is 5.32 Å². The Labute approximate surface area is 128 Å². The summed E-state index contributed by atoms with van der Waals surface area (Å²) in [5, 5.41) is 9.10. The first-order valence-corrected chi connectivity index (χ1v) is 8.38. The summed E-state index contributed by atoms with van der Waals surface area (Å²) in [7, 11) is 2.02. The second kappa shape index (κ2) is 6.95. The Morgan fingerprint density at radius 3 is 2.70 bits per heavy atom. The van der Waals surface area contributed by atoms with Gasteiger partial charge in [0.05, 0.1) is 16.4 Å². The highest BCUT2D eigenvalue weighted by atomic mass is 35.5. The number of nitrogens with zero attached hydrogens (tertiary/aromatic N) is 2. The maximum Gasteiger partial charge on any atom is 0.0849 e. The lowest BCUT2D eigenvalue weighted by atomic mass is 9.76. The first-order valence-electron chi connectivity index (χ1n) is 8.00. The van der Waals surface area contributed by atoms with Crippen LogP contribution in [-0.4, -0.2) is 22.4 Å². The second-order valence-electron chi connectivity index (χ2n) is 6.23. The van der Waals surface area contributed by atoms with Crippen LogP contribution in [0.2, 0.25) is 5.02 Å². The molecule has 0 aliphatic heterocycles. The SMILES string of the molecule is CCNC1CCC(C)CC1Cc1c(Cl)c(CC)nn1C. The summed E-state index contributed by atoms with van der Waals surface area (Å²) in [5.74, 6) is 1.50. The Bertz CT molecular complexity index is 441. The normalized spacial score (nSPS) is 26.9. The zero-order valence-electron chi connectivity index (χ0n) is 13.2. The monoisotopic (exact) mass is 297 g/mol. The standard InChI is InChI=1S/C16H28ClN3/c1-5-13-16(17)15(20(4)19-13)10-12-9-11(3)7-8-14(12)18-6-2/h11-12,14,18H,5-10H2,1-4H3. The third-order valence-electron chi connectivity index (χ3n) is 4.67. The van der Waals surface area contributed by atoms with E-state index in [1.807, 2.05) is 11.7 Å². The molecule has 0 spiro atoms. The molecule has 1 saturated carbocycles. The number of nitrogens with one attached hydrogen (secondary N) is 1. The highest BCUT2D eigenvalue weighted by Crippen LogP contribution is 2.33. The Morgan fingerprint density at radius 1 is 1.35 bits per heavy atom. The number of hydrogen-bond acceptors (Lipinski definition) is 2. The molecule has 0 aromatic carbocycles. The molecule has 3 unspecified atom stereocenters. The van der Waals surface area contributed by atoms with Crippen LogP contribution in [0, 0.1) is 11.8 Å². The predicted octanol–water partition coefficient (Wildman–Crippen LogP) is 3.59. The minimum Gasteiger partial charge on any atom is -0.314 e. The molecule has 4 heteroatoms. The van der Waals surface area contributed by atoms with E-state index >= 15 is 0 Å². The fraction of sp³-hybridized carbons (Fsp3) is 0.812. The predicted molar refractivity (Wildman–Crippen MR) is 85.3 cm³/mol. The van der Waals surface area contributed by atoms with Crippen molar-refractivity contribution in [2.24, 2.45) is 18.9 Å². The van der Waals surface area contributed by atoms with E-state index in [1.54, 1.807) is 0 Å². The van der Waals surface area contributed by atoms with E-state index in [1.165, 1.54) is 25.0 Å². The van der Waals surface area contributed by atoms with E-state index < -0.39 is 0 Å². The summed E-state index contributed by atoms with van der Waals surface area (Å²) < 4.78 is 1.99. The van der Waals surface area contributed by atoms with Crippen LogP contribution in [0.3, 0.4) is 0 Å². The third kappa shape index (κ3) is 3.37. The average Bonchev–Trinajstić information content (AvgIpc) is 2.69. The van der Waals surface area contributed by atoms with Gasteiger partial charge in [-0.15, -0.1) is 0 Å². The molecule has 20 heavy (non-hydrogen) atoms. The molecule has 0 amide bonds. The number of rotatable bonds is 5. The molecule has 1 heterocycles. The number of aryl methyl sites for hydroxylation is 2. The van der Waals surface area contributed by atoms with Gasteiger partial charge >= 0.3 is 0 Å². The Morgan fingerprint density at radius 2 is 2.10 bits per heavy atom. The molecule has 1 aromatic heterocycles. The van der Waals surface area contributed by atoms with Crippen molar-refractivity contribution in [2.75, 3.05) is 6.54 Å². The molecule has 3 nitrogen and oxygen atoms in total. The van der Waals surface area contributed by atoms with Crippen LogP contribution in [0.25, 0.3) is 0 Å². The van der Waals surface area contributed by atoms with Gasteiger partial charge in [-0.3, -0.25) is 4.68 Å². The number of aromatic nitrogens is 2. The second-order valence-corrected chi connectivity index (χ2v) is 6.61. The Kier molecular flexibility index (Phi) is 5.50. The van der Waals surface area contributed by atoms with E-state index in [2.05, 4.69) is 31.2 Å². The van der Waals surface area contributed by atoms with Gasteiger partial charge in [0.25, 0.3) is 0 Å². The summed E-state index contributed by atoms with van der Waals surface area (Å²) in [6, 6.07) is 0.632. The molecule has 3 atom stereocenters. The van der Waals surface area contributed by atoms with Crippen LogP contribution in [0.1, 0.15) is 51.4 Å². The van der Waals surface area contributed by atoms with Gasteiger partial charge in [0.15, 0.2) is 0 Å². The summed E-state index contributed by atoms with van der Waals surface area (Å²) in [6.45, 7) is 7.73. The fourth-order valence-electron chi connectivity index (χ4n) is 3.55. The fourth-order valence-corrected chi connectivity index (χ4v) is 3.92. The van der Waals surface area contributed by atoms with Gasteiger partial charge in [-0.1, -0.05) is 32.4 Å². The molecule has 1 aliphatic carbocycles. The van der Waals surface area contributed by atoms with Crippen molar-refractivity contribution in [1.29, 1.82) is 0 Å². The first kappa shape index (κ1) is 15.8. The van der Waals surface area contributed by atoms with Gasteiger partial charge in [-0.25, -0.2) is 0 Å². The lowest BCUT2D eigenvalue weighted by Crippen LogP contribution is -2.41. The Balaban J connectivity index is 2.15. The van der Waals surface area contributed by atoms with E-state index in [4.69, 9.17) is 11.6 Å². The maximum atomic E-state index is 6.51. The smallest absolute Gasteiger partial charge is 0.0849 e. The highest BCUT2D eigenvalue weighted by Gasteiger charge is 2.30. The molecule has 0 saturated heterocycles. The van der Waals surface area contributed by atoms with Crippen molar-refractivity contribution in [2.45, 2.75) is 58.9 Å². The van der Waals surface area contributed by atoms with E-state index in [9.17, 15) is 0 Å². The molecular formula is C16H28ClN3. The van der Waals surface area contributed by atoms with Crippen LogP contribution in [0.5, 0.6) is 0 Å². The van der Waals surface area contributed by atoms with Crippen molar-refractivity contribution in [3.8, 4) is 0 Å². The molecule has 114 valence electrons. The lowest BCUT2D eigenvalue weighted by Gasteiger charge is -2.35. The van der Waals surface area contributed by atoms with Crippen molar-refractivity contribution in [3.63, 3.8) is 0 Å². The highest BCUT2D eigenvalue weighted by molar-refractivity contribution is 6.31. The van der Waals surface area contributed by atoms with Crippen LogP contribution >= 0.6 is 11.6 Å². The van der Waals surface area contributed by atoms with E-state index in [0.29, 0.717) is 12.0 Å². The van der Waals surface area contributed by atoms with Gasteiger partial charge in [0.1, 0.15) is 0 Å². The molecule has 1 aliphatic rings. The van der Waals surface area contributed by atoms with Gasteiger partial charge in [0.2, 0.25) is 0 Å². The lowest BCUT2D eigenvalue weighted by molar-refractivity contribution is 0.212. The topological polar surface area (TPSA) is 29.9 Å². The van der Waals surface area contributed by atoms with Crippen molar-refractivity contribution in [1.82, 2.24) is 15.1 Å². The van der Waals surface area contributed by atoms with E-state index in [0.717, 1.165) is 36.0 Å². The van der Waals surface area contributed by atoms with Crippen LogP contribution in [0.15, 0.2) is 0 Å².